The molecule has 1 aliphatic rings. The van der Waals surface area contributed by atoms with E-state index < -0.39 is 12.0 Å². The zero-order valence-electron chi connectivity index (χ0n) is 12.9. The Morgan fingerprint density at radius 2 is 1.81 bits per heavy atom. The quantitative estimate of drug-likeness (QED) is 0.694. The number of carboxylic acids is 1. The first kappa shape index (κ1) is 17.3. The molecule has 0 aliphatic carbocycles. The molecule has 0 spiro atoms. The van der Waals surface area contributed by atoms with Crippen LogP contribution in [-0.4, -0.2) is 54.1 Å². The predicted molar refractivity (Wildman–Crippen MR) is 77.8 cm³/mol. The number of urea groups is 1. The van der Waals surface area contributed by atoms with Crippen molar-refractivity contribution in [1.29, 1.82) is 0 Å². The molecular weight excluding hydrogens is 274 g/mol. The second kappa shape index (κ2) is 7.85. The maximum absolute atomic E-state index is 12.1. The third-order valence-electron chi connectivity index (χ3n) is 3.70. The molecule has 0 aromatic rings. The van der Waals surface area contributed by atoms with E-state index in [9.17, 15) is 14.4 Å². The average Bonchev–Trinajstić information content (AvgIpc) is 2.45. The van der Waals surface area contributed by atoms with Crippen LogP contribution in [0.1, 0.15) is 33.1 Å². The van der Waals surface area contributed by atoms with Crippen LogP contribution < -0.4 is 10.6 Å². The Balaban J connectivity index is 2.49. The van der Waals surface area contributed by atoms with Crippen LogP contribution >= 0.6 is 0 Å². The number of carbonyl (C=O) groups is 3. The maximum atomic E-state index is 12.1. The Hall–Kier alpha value is -1.79. The van der Waals surface area contributed by atoms with Crippen molar-refractivity contribution < 1.29 is 19.5 Å². The molecular formula is C14H25N3O4. The van der Waals surface area contributed by atoms with Gasteiger partial charge in [0, 0.05) is 26.1 Å². The van der Waals surface area contributed by atoms with Crippen LogP contribution in [0.2, 0.25) is 0 Å². The summed E-state index contributed by atoms with van der Waals surface area (Å²) >= 11 is 0. The molecule has 1 heterocycles. The number of nitrogens with zero attached hydrogens (tertiary/aromatic N) is 1. The highest BCUT2D eigenvalue weighted by atomic mass is 16.4. The number of aliphatic carboxylic acids is 1. The molecule has 0 aromatic carbocycles. The first-order valence-electron chi connectivity index (χ1n) is 7.35. The molecule has 0 unspecified atom stereocenters. The SMILES string of the molecule is CNC(=O)C1CCN(C(=O)N[C@H](CC(C)C)C(=O)O)CC1. The summed E-state index contributed by atoms with van der Waals surface area (Å²) in [5.41, 5.74) is 0. The van der Waals surface area contributed by atoms with Gasteiger partial charge in [-0.1, -0.05) is 13.8 Å². The largest absolute Gasteiger partial charge is 0.480 e. The number of likely N-dealkylation sites (tertiary alicyclic amines) is 1. The molecule has 120 valence electrons. The minimum absolute atomic E-state index is 0.00159. The van der Waals surface area contributed by atoms with Gasteiger partial charge in [-0.2, -0.15) is 0 Å². The summed E-state index contributed by atoms with van der Waals surface area (Å²) < 4.78 is 0. The van der Waals surface area contributed by atoms with Crippen LogP contribution in [0.15, 0.2) is 0 Å². The molecule has 3 N–H and O–H groups in total. The molecule has 1 saturated heterocycles. The van der Waals surface area contributed by atoms with Crippen LogP contribution in [-0.2, 0) is 9.59 Å². The number of hydrogen-bond donors (Lipinski definition) is 3. The van der Waals surface area contributed by atoms with Gasteiger partial charge < -0.3 is 20.6 Å². The summed E-state index contributed by atoms with van der Waals surface area (Å²) in [5, 5.41) is 14.3. The number of piperidine rings is 1. The Labute approximate surface area is 125 Å². The molecule has 3 amide bonds. The van der Waals surface area contributed by atoms with Crippen molar-refractivity contribution in [2.75, 3.05) is 20.1 Å². The summed E-state index contributed by atoms with van der Waals surface area (Å²) in [7, 11) is 1.60. The van der Waals surface area contributed by atoms with Crippen molar-refractivity contribution in [3.8, 4) is 0 Å². The van der Waals surface area contributed by atoms with Crippen LogP contribution in [0.3, 0.4) is 0 Å². The van der Waals surface area contributed by atoms with E-state index >= 15 is 0 Å². The topological polar surface area (TPSA) is 98.7 Å². The van der Waals surface area contributed by atoms with Gasteiger partial charge in [-0.05, 0) is 25.2 Å². The van der Waals surface area contributed by atoms with Gasteiger partial charge >= 0.3 is 12.0 Å². The van der Waals surface area contributed by atoms with Gasteiger partial charge in [-0.25, -0.2) is 9.59 Å². The smallest absolute Gasteiger partial charge is 0.326 e. The number of rotatable bonds is 5. The van der Waals surface area contributed by atoms with Crippen LogP contribution in [0.25, 0.3) is 0 Å². The zero-order chi connectivity index (χ0) is 16.0. The lowest BCUT2D eigenvalue weighted by atomic mass is 9.96. The fourth-order valence-electron chi connectivity index (χ4n) is 2.48. The standard InChI is InChI=1S/C14H25N3O4/c1-9(2)8-11(13(19)20)16-14(21)17-6-4-10(5-7-17)12(18)15-3/h9-11H,4-8H2,1-3H3,(H,15,18)(H,16,21)(H,19,20)/t11-/m1/s1. The van der Waals surface area contributed by atoms with E-state index in [1.807, 2.05) is 13.8 Å². The Kier molecular flexibility index (Phi) is 6.45. The van der Waals surface area contributed by atoms with Crippen molar-refractivity contribution >= 4 is 17.9 Å². The lowest BCUT2D eigenvalue weighted by molar-refractivity contribution is -0.139. The summed E-state index contributed by atoms with van der Waals surface area (Å²) in [6, 6.07) is -1.23. The second-order valence-corrected chi connectivity index (χ2v) is 5.85. The summed E-state index contributed by atoms with van der Waals surface area (Å²) in [6.45, 7) is 4.77. The number of hydrogen-bond acceptors (Lipinski definition) is 3. The molecule has 0 radical (unpaired) electrons. The highest BCUT2D eigenvalue weighted by molar-refractivity contribution is 5.83. The minimum Gasteiger partial charge on any atom is -0.480 e. The highest BCUT2D eigenvalue weighted by Gasteiger charge is 2.29. The summed E-state index contributed by atoms with van der Waals surface area (Å²) in [4.78, 5) is 36.3. The predicted octanol–water partition coefficient (Wildman–Crippen LogP) is 0.653. The van der Waals surface area contributed by atoms with Gasteiger partial charge in [-0.15, -0.1) is 0 Å². The lowest BCUT2D eigenvalue weighted by Crippen LogP contribution is -2.51. The van der Waals surface area contributed by atoms with Crippen molar-refractivity contribution in [3.05, 3.63) is 0 Å². The van der Waals surface area contributed by atoms with Crippen LogP contribution in [0.4, 0.5) is 4.79 Å². The van der Waals surface area contributed by atoms with Crippen molar-refractivity contribution in [3.63, 3.8) is 0 Å². The molecule has 0 bridgehead atoms. The molecule has 1 aliphatic heterocycles. The zero-order valence-corrected chi connectivity index (χ0v) is 12.9. The molecule has 21 heavy (non-hydrogen) atoms. The third kappa shape index (κ3) is 5.24. The van der Waals surface area contributed by atoms with Gasteiger partial charge in [0.1, 0.15) is 6.04 Å². The molecule has 0 saturated carbocycles. The van der Waals surface area contributed by atoms with Gasteiger partial charge in [0.25, 0.3) is 0 Å². The van der Waals surface area contributed by atoms with Crippen LogP contribution in [0, 0.1) is 11.8 Å². The number of carbonyl (C=O) groups excluding carboxylic acids is 2. The molecule has 7 nitrogen and oxygen atoms in total. The van der Waals surface area contributed by atoms with Crippen molar-refractivity contribution in [2.24, 2.45) is 11.8 Å². The number of amides is 3. The van der Waals surface area contributed by atoms with E-state index in [4.69, 9.17) is 5.11 Å². The van der Waals surface area contributed by atoms with E-state index in [0.717, 1.165) is 0 Å². The van der Waals surface area contributed by atoms with E-state index in [-0.39, 0.29) is 23.8 Å². The van der Waals surface area contributed by atoms with Gasteiger partial charge in [-0.3, -0.25) is 4.79 Å². The first-order chi connectivity index (χ1) is 9.85. The third-order valence-corrected chi connectivity index (χ3v) is 3.70. The molecule has 7 heteroatoms. The molecule has 1 rings (SSSR count). The molecule has 0 aromatic heterocycles. The van der Waals surface area contributed by atoms with E-state index in [0.29, 0.717) is 32.4 Å². The Morgan fingerprint density at radius 1 is 1.24 bits per heavy atom. The molecule has 1 atom stereocenters. The first-order valence-corrected chi connectivity index (χ1v) is 7.35. The van der Waals surface area contributed by atoms with Crippen LogP contribution in [0.5, 0.6) is 0 Å². The number of nitrogens with one attached hydrogen (secondary N) is 2. The minimum atomic E-state index is -1.02. The average molecular weight is 299 g/mol. The van der Waals surface area contributed by atoms with Crippen molar-refractivity contribution in [2.45, 2.75) is 39.2 Å². The lowest BCUT2D eigenvalue weighted by Gasteiger charge is -2.32. The van der Waals surface area contributed by atoms with Gasteiger partial charge in [0.2, 0.25) is 5.91 Å². The maximum Gasteiger partial charge on any atom is 0.326 e. The monoisotopic (exact) mass is 299 g/mol. The number of carboxylic acid groups (broad SMARTS) is 1. The van der Waals surface area contributed by atoms with E-state index in [1.165, 1.54) is 0 Å². The summed E-state index contributed by atoms with van der Waals surface area (Å²) in [5.74, 6) is -0.897. The van der Waals surface area contributed by atoms with Gasteiger partial charge in [0.15, 0.2) is 0 Å². The Bertz CT molecular complexity index is 390. The summed E-state index contributed by atoms with van der Waals surface area (Å²) in [6.07, 6.45) is 1.61. The fourth-order valence-corrected chi connectivity index (χ4v) is 2.48. The Morgan fingerprint density at radius 3 is 2.24 bits per heavy atom. The molecule has 1 fully saturated rings. The highest BCUT2D eigenvalue weighted by Crippen LogP contribution is 2.17. The van der Waals surface area contributed by atoms with Gasteiger partial charge in [0.05, 0.1) is 0 Å². The van der Waals surface area contributed by atoms with Crippen molar-refractivity contribution in [1.82, 2.24) is 15.5 Å². The second-order valence-electron chi connectivity index (χ2n) is 5.85. The van der Waals surface area contributed by atoms with E-state index in [2.05, 4.69) is 10.6 Å². The normalized spacial score (nSPS) is 17.4. The van der Waals surface area contributed by atoms with E-state index in [1.54, 1.807) is 11.9 Å². The fraction of sp³-hybridized carbons (Fsp3) is 0.786.